The molecule has 3 nitrogen and oxygen atoms in total. The van der Waals surface area contributed by atoms with Crippen molar-refractivity contribution >= 4 is 5.91 Å². The molecule has 1 aromatic carbocycles. The molecule has 1 amide bonds. The van der Waals surface area contributed by atoms with Gasteiger partial charge in [-0.15, -0.1) is 0 Å². The molecule has 0 radical (unpaired) electrons. The van der Waals surface area contributed by atoms with E-state index >= 15 is 0 Å². The van der Waals surface area contributed by atoms with Crippen LogP contribution in [0, 0.1) is 0 Å². The molecule has 96 valence electrons. The molecular formula is C15H20N2O. The Hall–Kier alpha value is -1.35. The minimum Gasteiger partial charge on any atom is -0.333 e. The molecule has 1 atom stereocenters. The molecule has 1 fully saturated rings. The van der Waals surface area contributed by atoms with Crippen molar-refractivity contribution in [3.8, 4) is 0 Å². The van der Waals surface area contributed by atoms with Crippen molar-refractivity contribution in [2.24, 2.45) is 0 Å². The SMILES string of the molecule is CCCN1CCN2C(=O)c3ccccc3CC2C1. The fraction of sp³-hybridized carbons (Fsp3) is 0.533. The lowest BCUT2D eigenvalue weighted by atomic mass is 9.92. The van der Waals surface area contributed by atoms with Crippen molar-refractivity contribution in [2.75, 3.05) is 26.2 Å². The third-order valence-electron chi connectivity index (χ3n) is 4.07. The van der Waals surface area contributed by atoms with E-state index in [9.17, 15) is 4.79 Å². The summed E-state index contributed by atoms with van der Waals surface area (Å²) < 4.78 is 0. The molecule has 18 heavy (non-hydrogen) atoms. The third-order valence-corrected chi connectivity index (χ3v) is 4.07. The summed E-state index contributed by atoms with van der Waals surface area (Å²) in [5, 5.41) is 0. The van der Waals surface area contributed by atoms with E-state index in [1.807, 2.05) is 18.2 Å². The Morgan fingerprint density at radius 1 is 1.28 bits per heavy atom. The zero-order valence-electron chi connectivity index (χ0n) is 10.9. The number of hydrogen-bond acceptors (Lipinski definition) is 2. The lowest BCUT2D eigenvalue weighted by molar-refractivity contribution is 0.0418. The van der Waals surface area contributed by atoms with Gasteiger partial charge in [0.1, 0.15) is 0 Å². The molecule has 1 aromatic rings. The van der Waals surface area contributed by atoms with Gasteiger partial charge in [-0.25, -0.2) is 0 Å². The highest BCUT2D eigenvalue weighted by Gasteiger charge is 2.35. The zero-order valence-corrected chi connectivity index (χ0v) is 10.9. The Morgan fingerprint density at radius 2 is 2.11 bits per heavy atom. The Morgan fingerprint density at radius 3 is 2.94 bits per heavy atom. The molecule has 0 bridgehead atoms. The second-order valence-electron chi connectivity index (χ2n) is 5.31. The van der Waals surface area contributed by atoms with Gasteiger partial charge in [-0.2, -0.15) is 0 Å². The molecule has 0 aliphatic carbocycles. The quantitative estimate of drug-likeness (QED) is 0.791. The van der Waals surface area contributed by atoms with Gasteiger partial charge in [-0.05, 0) is 31.0 Å². The van der Waals surface area contributed by atoms with Crippen LogP contribution in [0.15, 0.2) is 24.3 Å². The minimum absolute atomic E-state index is 0.234. The maximum Gasteiger partial charge on any atom is 0.254 e. The van der Waals surface area contributed by atoms with Crippen LogP contribution in [-0.2, 0) is 6.42 Å². The number of rotatable bonds is 2. The first kappa shape index (κ1) is 11.7. The molecule has 1 saturated heterocycles. The molecule has 2 heterocycles. The van der Waals surface area contributed by atoms with Gasteiger partial charge in [-0.3, -0.25) is 9.69 Å². The van der Waals surface area contributed by atoms with Gasteiger partial charge < -0.3 is 4.90 Å². The van der Waals surface area contributed by atoms with Crippen LogP contribution in [0.1, 0.15) is 29.3 Å². The molecule has 0 spiro atoms. The van der Waals surface area contributed by atoms with Crippen LogP contribution < -0.4 is 0 Å². The molecule has 2 aliphatic heterocycles. The van der Waals surface area contributed by atoms with Crippen molar-refractivity contribution < 1.29 is 4.79 Å². The summed E-state index contributed by atoms with van der Waals surface area (Å²) in [6, 6.07) is 8.45. The fourth-order valence-electron chi connectivity index (χ4n) is 3.20. The van der Waals surface area contributed by atoms with Crippen molar-refractivity contribution in [3.05, 3.63) is 35.4 Å². The van der Waals surface area contributed by atoms with E-state index in [0.29, 0.717) is 6.04 Å². The number of carbonyl (C=O) groups excluding carboxylic acids is 1. The minimum atomic E-state index is 0.234. The molecule has 1 unspecified atom stereocenters. The number of nitrogens with zero attached hydrogens (tertiary/aromatic N) is 2. The van der Waals surface area contributed by atoms with Gasteiger partial charge in [0, 0.05) is 31.2 Å². The predicted octanol–water partition coefficient (Wildman–Crippen LogP) is 1.78. The number of piperazine rings is 1. The fourth-order valence-corrected chi connectivity index (χ4v) is 3.20. The molecular weight excluding hydrogens is 224 g/mol. The maximum absolute atomic E-state index is 12.4. The number of fused-ring (bicyclic) bond motifs is 2. The number of benzene rings is 1. The Labute approximate surface area is 108 Å². The first-order valence-electron chi connectivity index (χ1n) is 6.91. The highest BCUT2D eigenvalue weighted by Crippen LogP contribution is 2.25. The number of carbonyl (C=O) groups is 1. The normalized spacial score (nSPS) is 23.7. The second-order valence-corrected chi connectivity index (χ2v) is 5.31. The van der Waals surface area contributed by atoms with Gasteiger partial charge in [0.2, 0.25) is 0 Å². The Balaban J connectivity index is 1.83. The van der Waals surface area contributed by atoms with E-state index in [0.717, 1.165) is 38.2 Å². The largest absolute Gasteiger partial charge is 0.333 e. The van der Waals surface area contributed by atoms with Gasteiger partial charge in [-0.1, -0.05) is 25.1 Å². The van der Waals surface area contributed by atoms with Gasteiger partial charge in [0.25, 0.3) is 5.91 Å². The van der Waals surface area contributed by atoms with Crippen LogP contribution in [0.25, 0.3) is 0 Å². The average molecular weight is 244 g/mol. The molecule has 0 aromatic heterocycles. The standard InChI is InChI=1S/C15H20N2O/c1-2-7-16-8-9-17-13(11-16)10-12-5-3-4-6-14(12)15(17)18/h3-6,13H,2,7-11H2,1H3. The van der Waals surface area contributed by atoms with Crippen LogP contribution in [0.4, 0.5) is 0 Å². The summed E-state index contributed by atoms with van der Waals surface area (Å²) in [4.78, 5) is 17.0. The van der Waals surface area contributed by atoms with Crippen LogP contribution in [0.2, 0.25) is 0 Å². The molecule has 3 heteroatoms. The topological polar surface area (TPSA) is 23.6 Å². The molecule has 2 aliphatic rings. The van der Waals surface area contributed by atoms with E-state index in [4.69, 9.17) is 0 Å². The monoisotopic (exact) mass is 244 g/mol. The lowest BCUT2D eigenvalue weighted by Crippen LogP contribution is -2.58. The maximum atomic E-state index is 12.4. The van der Waals surface area contributed by atoms with Crippen molar-refractivity contribution in [2.45, 2.75) is 25.8 Å². The summed E-state index contributed by atoms with van der Waals surface area (Å²) in [6.45, 7) is 6.32. The highest BCUT2D eigenvalue weighted by molar-refractivity contribution is 5.97. The van der Waals surface area contributed by atoms with E-state index in [1.165, 1.54) is 12.0 Å². The first-order chi connectivity index (χ1) is 8.79. The summed E-state index contributed by atoms with van der Waals surface area (Å²) in [6.07, 6.45) is 2.21. The lowest BCUT2D eigenvalue weighted by Gasteiger charge is -2.44. The van der Waals surface area contributed by atoms with Crippen LogP contribution >= 0.6 is 0 Å². The van der Waals surface area contributed by atoms with E-state index in [-0.39, 0.29) is 5.91 Å². The van der Waals surface area contributed by atoms with Crippen molar-refractivity contribution in [1.29, 1.82) is 0 Å². The molecule has 3 rings (SSSR count). The van der Waals surface area contributed by atoms with Gasteiger partial charge in [0.05, 0.1) is 0 Å². The zero-order chi connectivity index (χ0) is 12.5. The van der Waals surface area contributed by atoms with Gasteiger partial charge >= 0.3 is 0 Å². The second kappa shape index (κ2) is 4.73. The average Bonchev–Trinajstić information content (AvgIpc) is 2.39. The van der Waals surface area contributed by atoms with Crippen LogP contribution in [0.3, 0.4) is 0 Å². The summed E-state index contributed by atoms with van der Waals surface area (Å²) in [5.41, 5.74) is 2.14. The van der Waals surface area contributed by atoms with Crippen LogP contribution in [0.5, 0.6) is 0 Å². The van der Waals surface area contributed by atoms with E-state index in [2.05, 4.69) is 22.8 Å². The van der Waals surface area contributed by atoms with Gasteiger partial charge in [0.15, 0.2) is 0 Å². The summed E-state index contributed by atoms with van der Waals surface area (Å²) in [7, 11) is 0. The van der Waals surface area contributed by atoms with Crippen LogP contribution in [-0.4, -0.2) is 47.9 Å². The third kappa shape index (κ3) is 1.93. The van der Waals surface area contributed by atoms with Crippen molar-refractivity contribution in [1.82, 2.24) is 9.80 Å². The summed E-state index contributed by atoms with van der Waals surface area (Å²) in [5.74, 6) is 0.234. The number of hydrogen-bond donors (Lipinski definition) is 0. The Bertz CT molecular complexity index is 458. The highest BCUT2D eigenvalue weighted by atomic mass is 16.2. The smallest absolute Gasteiger partial charge is 0.254 e. The van der Waals surface area contributed by atoms with Crippen molar-refractivity contribution in [3.63, 3.8) is 0 Å². The summed E-state index contributed by atoms with van der Waals surface area (Å²) >= 11 is 0. The van der Waals surface area contributed by atoms with E-state index in [1.54, 1.807) is 0 Å². The molecule has 0 saturated carbocycles. The van der Waals surface area contributed by atoms with E-state index < -0.39 is 0 Å². The first-order valence-corrected chi connectivity index (χ1v) is 6.91. The predicted molar refractivity (Wildman–Crippen MR) is 71.7 cm³/mol. The number of amides is 1. The molecule has 0 N–H and O–H groups in total. The Kier molecular flexibility index (Phi) is 3.08.